The van der Waals surface area contributed by atoms with E-state index in [-0.39, 0.29) is 5.91 Å². The third kappa shape index (κ3) is 4.87. The first kappa shape index (κ1) is 23.0. The highest BCUT2D eigenvalue weighted by atomic mass is 35.5. The molecule has 2 heterocycles. The quantitative estimate of drug-likeness (QED) is 0.331. The van der Waals surface area contributed by atoms with Crippen molar-refractivity contribution in [3.63, 3.8) is 0 Å². The van der Waals surface area contributed by atoms with Crippen LogP contribution in [0.15, 0.2) is 90.4 Å². The lowest BCUT2D eigenvalue weighted by molar-refractivity contribution is -0.113. The van der Waals surface area contributed by atoms with Crippen LogP contribution in [-0.2, 0) is 11.4 Å². The van der Waals surface area contributed by atoms with Gasteiger partial charge in [0.25, 0.3) is 5.91 Å². The maximum absolute atomic E-state index is 13.5. The van der Waals surface area contributed by atoms with Crippen molar-refractivity contribution in [2.24, 2.45) is 0 Å². The molecule has 2 N–H and O–H groups in total. The molecule has 0 saturated carbocycles. The Morgan fingerprint density at radius 2 is 1.89 bits per heavy atom. The van der Waals surface area contributed by atoms with Crippen LogP contribution in [0, 0.1) is 0 Å². The fraction of sp³-hybridized carbons (Fsp3) is 0.115. The minimum absolute atomic E-state index is 0.258. The number of hydrogen-bond donors (Lipinski definition) is 2. The van der Waals surface area contributed by atoms with E-state index in [2.05, 4.69) is 20.7 Å². The van der Waals surface area contributed by atoms with Gasteiger partial charge in [0.2, 0.25) is 5.95 Å². The molecule has 0 radical (unpaired) electrons. The van der Waals surface area contributed by atoms with Crippen LogP contribution in [0.4, 0.5) is 11.6 Å². The topological polar surface area (TPSA) is 81.1 Å². The minimum atomic E-state index is -0.509. The Hall–Kier alpha value is -3.81. The van der Waals surface area contributed by atoms with Gasteiger partial charge in [0.05, 0.1) is 5.57 Å². The summed E-state index contributed by atoms with van der Waals surface area (Å²) in [6.45, 7) is 2.17. The Balaban J connectivity index is 1.46. The van der Waals surface area contributed by atoms with Crippen LogP contribution in [0.2, 0.25) is 10.0 Å². The number of nitrogens with one attached hydrogen (secondary N) is 2. The van der Waals surface area contributed by atoms with Crippen molar-refractivity contribution >= 4 is 40.7 Å². The molecule has 4 aromatic rings. The van der Waals surface area contributed by atoms with Gasteiger partial charge in [-0.3, -0.25) is 4.79 Å². The molecule has 7 nitrogen and oxygen atoms in total. The van der Waals surface area contributed by atoms with Gasteiger partial charge in [-0.05, 0) is 55.0 Å². The number of hydrogen-bond acceptors (Lipinski definition) is 5. The second-order valence-corrected chi connectivity index (χ2v) is 8.85. The zero-order valence-electron chi connectivity index (χ0n) is 18.7. The third-order valence-corrected chi connectivity index (χ3v) is 6.29. The molecule has 0 saturated heterocycles. The van der Waals surface area contributed by atoms with E-state index >= 15 is 0 Å². The largest absolute Gasteiger partial charge is 0.489 e. The normalized spacial score (nSPS) is 14.8. The van der Waals surface area contributed by atoms with Gasteiger partial charge >= 0.3 is 0 Å². The number of halogens is 2. The molecule has 0 fully saturated rings. The van der Waals surface area contributed by atoms with Crippen molar-refractivity contribution in [2.75, 3.05) is 10.6 Å². The predicted octanol–water partition coefficient (Wildman–Crippen LogP) is 6.09. The van der Waals surface area contributed by atoms with Crippen molar-refractivity contribution in [3.05, 3.63) is 112 Å². The smallest absolute Gasteiger partial charge is 0.255 e. The van der Waals surface area contributed by atoms with Gasteiger partial charge in [-0.25, -0.2) is 4.68 Å². The minimum Gasteiger partial charge on any atom is -0.489 e. The number of amides is 1. The number of nitrogens with zero attached hydrogens (tertiary/aromatic N) is 3. The van der Waals surface area contributed by atoms with Gasteiger partial charge < -0.3 is 15.4 Å². The summed E-state index contributed by atoms with van der Waals surface area (Å²) in [5.41, 5.74) is 3.56. The number of fused-ring (bicyclic) bond motifs is 1. The van der Waals surface area contributed by atoms with Crippen LogP contribution in [0.3, 0.4) is 0 Å². The molecule has 3 aromatic carbocycles. The van der Waals surface area contributed by atoms with Gasteiger partial charge in [0.15, 0.2) is 0 Å². The van der Waals surface area contributed by atoms with Gasteiger partial charge in [-0.2, -0.15) is 10.1 Å². The number of carbonyl (C=O) groups excluding carboxylic acids is 1. The summed E-state index contributed by atoms with van der Waals surface area (Å²) >= 11 is 12.3. The molecule has 1 amide bonds. The van der Waals surface area contributed by atoms with E-state index in [1.807, 2.05) is 55.5 Å². The first-order chi connectivity index (χ1) is 17.0. The molecule has 0 spiro atoms. The molecule has 1 atom stereocenters. The second-order valence-electron chi connectivity index (χ2n) is 8.01. The second kappa shape index (κ2) is 9.82. The standard InChI is InChI=1S/C26H21Cl2N5O2/c1-16-23(25(34)32-20-11-9-19(27)10-12-20)24(33-26(31-16)29-15-30-33)17-6-4-7-21(13-17)35-14-18-5-2-3-8-22(18)28/h2-13,15,24H,14H2,1H3,(H,32,34)(H,29,30,31)/t24-/m0/s1. The van der Waals surface area contributed by atoms with E-state index in [1.165, 1.54) is 6.33 Å². The SMILES string of the molecule is CC1=C(C(=O)Nc2ccc(Cl)cc2)[C@H](c2cccc(OCc3ccccc3Cl)c2)n2ncnc2N1. The lowest BCUT2D eigenvalue weighted by atomic mass is 9.95. The van der Waals surface area contributed by atoms with Crippen LogP contribution < -0.4 is 15.4 Å². The van der Waals surface area contributed by atoms with Crippen molar-refractivity contribution in [1.29, 1.82) is 0 Å². The Morgan fingerprint density at radius 1 is 1.09 bits per heavy atom. The molecule has 35 heavy (non-hydrogen) atoms. The Morgan fingerprint density at radius 3 is 2.69 bits per heavy atom. The van der Waals surface area contributed by atoms with Crippen LogP contribution in [0.25, 0.3) is 0 Å². The highest BCUT2D eigenvalue weighted by Gasteiger charge is 2.33. The zero-order valence-corrected chi connectivity index (χ0v) is 20.2. The number of benzene rings is 3. The maximum atomic E-state index is 13.5. The third-order valence-electron chi connectivity index (χ3n) is 5.67. The number of carbonyl (C=O) groups is 1. The molecule has 1 aliphatic rings. The highest BCUT2D eigenvalue weighted by molar-refractivity contribution is 6.31. The average Bonchev–Trinajstić information content (AvgIpc) is 3.32. The molecular formula is C26H21Cl2N5O2. The molecule has 0 bridgehead atoms. The molecule has 0 unspecified atom stereocenters. The van der Waals surface area contributed by atoms with Crippen molar-refractivity contribution < 1.29 is 9.53 Å². The summed E-state index contributed by atoms with van der Waals surface area (Å²) in [6.07, 6.45) is 1.46. The van der Waals surface area contributed by atoms with E-state index in [1.54, 1.807) is 28.9 Å². The van der Waals surface area contributed by atoms with Crippen LogP contribution in [0.5, 0.6) is 5.75 Å². The molecule has 5 rings (SSSR count). The van der Waals surface area contributed by atoms with Crippen molar-refractivity contribution in [3.8, 4) is 5.75 Å². The first-order valence-corrected chi connectivity index (χ1v) is 11.7. The molecule has 1 aromatic heterocycles. The number of ether oxygens (including phenoxy) is 1. The lowest BCUT2D eigenvalue weighted by Gasteiger charge is -2.29. The molecule has 176 valence electrons. The van der Waals surface area contributed by atoms with Crippen LogP contribution in [-0.4, -0.2) is 20.7 Å². The van der Waals surface area contributed by atoms with Gasteiger partial charge in [0, 0.05) is 27.0 Å². The van der Waals surface area contributed by atoms with E-state index < -0.39 is 6.04 Å². The molecule has 9 heteroatoms. The maximum Gasteiger partial charge on any atom is 0.255 e. The van der Waals surface area contributed by atoms with E-state index in [4.69, 9.17) is 27.9 Å². The molecular weight excluding hydrogens is 485 g/mol. The van der Waals surface area contributed by atoms with E-state index in [0.29, 0.717) is 45.3 Å². The Kier molecular flexibility index (Phi) is 6.44. The first-order valence-electron chi connectivity index (χ1n) is 10.9. The summed E-state index contributed by atoms with van der Waals surface area (Å²) < 4.78 is 7.72. The van der Waals surface area contributed by atoms with Crippen molar-refractivity contribution in [1.82, 2.24) is 14.8 Å². The average molecular weight is 506 g/mol. The summed E-state index contributed by atoms with van der Waals surface area (Å²) in [4.78, 5) is 17.8. The molecule has 1 aliphatic heterocycles. The Bertz CT molecular complexity index is 1420. The summed E-state index contributed by atoms with van der Waals surface area (Å²) in [5.74, 6) is 0.946. The monoisotopic (exact) mass is 505 g/mol. The summed E-state index contributed by atoms with van der Waals surface area (Å²) in [5, 5.41) is 11.8. The van der Waals surface area contributed by atoms with Gasteiger partial charge in [-0.15, -0.1) is 0 Å². The zero-order chi connectivity index (χ0) is 24.4. The molecule has 0 aliphatic carbocycles. The number of allylic oxidation sites excluding steroid dienone is 1. The fourth-order valence-corrected chi connectivity index (χ4v) is 4.29. The number of anilines is 2. The Labute approximate surface area is 212 Å². The van der Waals surface area contributed by atoms with E-state index in [9.17, 15) is 4.79 Å². The fourth-order valence-electron chi connectivity index (χ4n) is 3.98. The van der Waals surface area contributed by atoms with Gasteiger partial charge in [-0.1, -0.05) is 53.5 Å². The number of aromatic nitrogens is 3. The van der Waals surface area contributed by atoms with E-state index in [0.717, 1.165) is 11.1 Å². The van der Waals surface area contributed by atoms with Crippen LogP contribution >= 0.6 is 23.2 Å². The predicted molar refractivity (Wildman–Crippen MR) is 137 cm³/mol. The van der Waals surface area contributed by atoms with Gasteiger partial charge in [0.1, 0.15) is 24.7 Å². The lowest BCUT2D eigenvalue weighted by Crippen LogP contribution is -2.31. The summed E-state index contributed by atoms with van der Waals surface area (Å²) in [7, 11) is 0. The number of rotatable bonds is 6. The van der Waals surface area contributed by atoms with Crippen molar-refractivity contribution in [2.45, 2.75) is 19.6 Å². The summed E-state index contributed by atoms with van der Waals surface area (Å²) in [6, 6.07) is 21.6. The highest BCUT2D eigenvalue weighted by Crippen LogP contribution is 2.36. The van der Waals surface area contributed by atoms with Crippen LogP contribution in [0.1, 0.15) is 24.1 Å².